The van der Waals surface area contributed by atoms with Gasteiger partial charge in [0.05, 0.1) is 6.10 Å². The molecule has 0 aliphatic carbocycles. The number of hydrogen-bond donors (Lipinski definition) is 1. The summed E-state index contributed by atoms with van der Waals surface area (Å²) in [5.74, 6) is 1.13. The van der Waals surface area contributed by atoms with Crippen LogP contribution in [0.3, 0.4) is 0 Å². The van der Waals surface area contributed by atoms with E-state index in [1.54, 1.807) is 13.2 Å². The van der Waals surface area contributed by atoms with E-state index in [0.29, 0.717) is 18.1 Å². The first-order chi connectivity index (χ1) is 9.17. The molecule has 1 aromatic carbocycles. The Balaban J connectivity index is 2.01. The highest BCUT2D eigenvalue weighted by Gasteiger charge is 2.08. The molecule has 2 rings (SSSR count). The van der Waals surface area contributed by atoms with Gasteiger partial charge in [-0.05, 0) is 30.7 Å². The summed E-state index contributed by atoms with van der Waals surface area (Å²) in [4.78, 5) is 4.26. The van der Waals surface area contributed by atoms with Crippen LogP contribution in [0.1, 0.15) is 24.2 Å². The van der Waals surface area contributed by atoms with Gasteiger partial charge in [0.1, 0.15) is 0 Å². The molecule has 0 radical (unpaired) electrons. The van der Waals surface area contributed by atoms with Crippen LogP contribution in [0.5, 0.6) is 0 Å². The molecule has 0 saturated heterocycles. The van der Waals surface area contributed by atoms with Gasteiger partial charge in [0.25, 0.3) is 5.89 Å². The van der Waals surface area contributed by atoms with Crippen LogP contribution in [-0.4, -0.2) is 23.4 Å². The first kappa shape index (κ1) is 13.3. The molecule has 2 N–H and O–H groups in total. The highest BCUT2D eigenvalue weighted by Crippen LogP contribution is 2.10. The number of nitrogens with zero attached hydrogens (tertiary/aromatic N) is 2. The van der Waals surface area contributed by atoms with Crippen molar-refractivity contribution in [3.8, 4) is 0 Å². The second-order valence-corrected chi connectivity index (χ2v) is 4.30. The zero-order valence-corrected chi connectivity index (χ0v) is 11.0. The fraction of sp³-hybridized carbons (Fsp3) is 0.286. The average Bonchev–Trinajstić information content (AvgIpc) is 2.85. The number of ether oxygens (including phenoxy) is 1. The lowest BCUT2D eigenvalue weighted by Gasteiger charge is -2.03. The summed E-state index contributed by atoms with van der Waals surface area (Å²) in [5.41, 5.74) is 7.39. The Bertz CT molecular complexity index is 546. The summed E-state index contributed by atoms with van der Waals surface area (Å²) in [6.07, 6.45) is 4.39. The van der Waals surface area contributed by atoms with Gasteiger partial charge in [0, 0.05) is 25.3 Å². The zero-order chi connectivity index (χ0) is 13.7. The van der Waals surface area contributed by atoms with Crippen molar-refractivity contribution in [3.05, 3.63) is 41.5 Å². The molecule has 0 bridgehead atoms. The van der Waals surface area contributed by atoms with Crippen molar-refractivity contribution in [1.29, 1.82) is 0 Å². The minimum atomic E-state index is 0.0755. The predicted octanol–water partition coefficient (Wildman–Crippen LogP) is 2.40. The monoisotopic (exact) mass is 259 g/mol. The molecular weight excluding hydrogens is 242 g/mol. The fourth-order valence-corrected chi connectivity index (χ4v) is 1.53. The Kier molecular flexibility index (Phi) is 4.30. The summed E-state index contributed by atoms with van der Waals surface area (Å²) in [7, 11) is 1.66. The summed E-state index contributed by atoms with van der Waals surface area (Å²) in [6, 6.07) is 7.55. The van der Waals surface area contributed by atoms with Crippen LogP contribution in [0.4, 0.5) is 5.69 Å². The second-order valence-electron chi connectivity index (χ2n) is 4.30. The van der Waals surface area contributed by atoms with Crippen molar-refractivity contribution in [2.45, 2.75) is 19.4 Å². The highest BCUT2D eigenvalue weighted by atomic mass is 16.5. The lowest BCUT2D eigenvalue weighted by atomic mass is 10.2. The normalized spacial score (nSPS) is 12.9. The Morgan fingerprint density at radius 3 is 2.74 bits per heavy atom. The molecule has 0 aliphatic heterocycles. The summed E-state index contributed by atoms with van der Waals surface area (Å²) < 4.78 is 10.3. The average molecular weight is 259 g/mol. The third kappa shape index (κ3) is 3.93. The zero-order valence-electron chi connectivity index (χ0n) is 11.0. The topological polar surface area (TPSA) is 74.2 Å². The molecular formula is C14H17N3O2. The Morgan fingerprint density at radius 2 is 2.05 bits per heavy atom. The molecule has 1 unspecified atom stereocenters. The molecule has 0 saturated carbocycles. The van der Waals surface area contributed by atoms with Gasteiger partial charge in [-0.15, -0.1) is 0 Å². The molecule has 1 heterocycles. The number of anilines is 1. The Morgan fingerprint density at radius 1 is 1.32 bits per heavy atom. The minimum absolute atomic E-state index is 0.0755. The van der Waals surface area contributed by atoms with Gasteiger partial charge in [-0.25, -0.2) is 0 Å². The highest BCUT2D eigenvalue weighted by molar-refractivity contribution is 5.66. The molecule has 0 spiro atoms. The van der Waals surface area contributed by atoms with E-state index in [1.807, 2.05) is 37.3 Å². The van der Waals surface area contributed by atoms with Crippen LogP contribution in [-0.2, 0) is 11.2 Å². The van der Waals surface area contributed by atoms with Crippen molar-refractivity contribution >= 4 is 17.8 Å². The van der Waals surface area contributed by atoms with E-state index < -0.39 is 0 Å². The lowest BCUT2D eigenvalue weighted by Crippen LogP contribution is -2.09. The van der Waals surface area contributed by atoms with Crippen LogP contribution in [0.2, 0.25) is 0 Å². The minimum Gasteiger partial charge on any atom is -0.399 e. The number of nitrogens with two attached hydrogens (primary N) is 1. The molecule has 100 valence electrons. The summed E-state index contributed by atoms with van der Waals surface area (Å²) in [6.45, 7) is 1.96. The Hall–Kier alpha value is -2.14. The quantitative estimate of drug-likeness (QED) is 0.834. The molecule has 0 fully saturated rings. The molecule has 1 aromatic heterocycles. The van der Waals surface area contributed by atoms with Gasteiger partial charge in [0.2, 0.25) is 0 Å². The molecule has 5 nitrogen and oxygen atoms in total. The largest absolute Gasteiger partial charge is 0.399 e. The standard InChI is InChI=1S/C14H17N3O2/c1-10(18-2)9-13-16-14(19-17-13)8-5-11-3-6-12(15)7-4-11/h3-8,10H,9,15H2,1-2H3/b8-5+. The molecule has 1 atom stereocenters. The Labute approximate surface area is 112 Å². The second kappa shape index (κ2) is 6.15. The van der Waals surface area contributed by atoms with E-state index in [-0.39, 0.29) is 6.10 Å². The first-order valence-electron chi connectivity index (χ1n) is 6.06. The first-order valence-corrected chi connectivity index (χ1v) is 6.06. The van der Waals surface area contributed by atoms with E-state index in [9.17, 15) is 0 Å². The maximum Gasteiger partial charge on any atom is 0.250 e. The smallest absolute Gasteiger partial charge is 0.250 e. The van der Waals surface area contributed by atoms with Crippen LogP contribution < -0.4 is 5.73 Å². The van der Waals surface area contributed by atoms with Gasteiger partial charge in [-0.1, -0.05) is 17.3 Å². The number of nitrogen functional groups attached to an aromatic ring is 1. The maximum atomic E-state index is 5.62. The number of hydrogen-bond acceptors (Lipinski definition) is 5. The van der Waals surface area contributed by atoms with Crippen molar-refractivity contribution in [3.63, 3.8) is 0 Å². The van der Waals surface area contributed by atoms with Crippen LogP contribution in [0.25, 0.3) is 12.2 Å². The van der Waals surface area contributed by atoms with Gasteiger partial charge >= 0.3 is 0 Å². The lowest BCUT2D eigenvalue weighted by molar-refractivity contribution is 0.116. The molecule has 19 heavy (non-hydrogen) atoms. The van der Waals surface area contributed by atoms with E-state index >= 15 is 0 Å². The van der Waals surface area contributed by atoms with Crippen molar-refractivity contribution in [2.75, 3.05) is 12.8 Å². The van der Waals surface area contributed by atoms with Crippen LogP contribution in [0, 0.1) is 0 Å². The van der Waals surface area contributed by atoms with Crippen molar-refractivity contribution in [2.24, 2.45) is 0 Å². The molecule has 5 heteroatoms. The summed E-state index contributed by atoms with van der Waals surface area (Å²) >= 11 is 0. The van der Waals surface area contributed by atoms with Gasteiger partial charge in [-0.3, -0.25) is 0 Å². The molecule has 0 aliphatic rings. The third-order valence-electron chi connectivity index (χ3n) is 2.71. The van der Waals surface area contributed by atoms with E-state index in [4.69, 9.17) is 15.0 Å². The number of methoxy groups -OCH3 is 1. The SMILES string of the molecule is COC(C)Cc1noc(/C=C/c2ccc(N)cc2)n1. The molecule has 0 amide bonds. The van der Waals surface area contributed by atoms with E-state index in [2.05, 4.69) is 10.1 Å². The van der Waals surface area contributed by atoms with Crippen LogP contribution in [0.15, 0.2) is 28.8 Å². The van der Waals surface area contributed by atoms with Crippen LogP contribution >= 0.6 is 0 Å². The van der Waals surface area contributed by atoms with E-state index in [1.165, 1.54) is 0 Å². The third-order valence-corrected chi connectivity index (χ3v) is 2.71. The van der Waals surface area contributed by atoms with Gasteiger partial charge < -0.3 is 15.0 Å². The summed E-state index contributed by atoms with van der Waals surface area (Å²) in [5, 5.41) is 3.89. The van der Waals surface area contributed by atoms with Gasteiger partial charge in [0.15, 0.2) is 5.82 Å². The van der Waals surface area contributed by atoms with Crippen molar-refractivity contribution in [1.82, 2.24) is 10.1 Å². The fourth-order valence-electron chi connectivity index (χ4n) is 1.53. The number of rotatable bonds is 5. The number of benzene rings is 1. The van der Waals surface area contributed by atoms with Crippen molar-refractivity contribution < 1.29 is 9.26 Å². The van der Waals surface area contributed by atoms with E-state index in [0.717, 1.165) is 11.3 Å². The predicted molar refractivity (Wildman–Crippen MR) is 74.3 cm³/mol. The van der Waals surface area contributed by atoms with Gasteiger partial charge in [-0.2, -0.15) is 4.98 Å². The number of aromatic nitrogens is 2. The molecule has 2 aromatic rings. The maximum absolute atomic E-state index is 5.62.